The summed E-state index contributed by atoms with van der Waals surface area (Å²) in [7, 11) is 1.81. The second-order valence-electron chi connectivity index (χ2n) is 4.62. The van der Waals surface area contributed by atoms with Gasteiger partial charge in [-0.1, -0.05) is 5.16 Å². The second-order valence-corrected chi connectivity index (χ2v) is 4.62. The van der Waals surface area contributed by atoms with E-state index < -0.39 is 0 Å². The van der Waals surface area contributed by atoms with E-state index in [1.807, 2.05) is 21.0 Å². The smallest absolute Gasteiger partial charge is 0.137 e. The highest BCUT2D eigenvalue weighted by Gasteiger charge is 2.33. The summed E-state index contributed by atoms with van der Waals surface area (Å²) in [6, 6.07) is 0. The third kappa shape index (κ3) is 2.13. The first kappa shape index (κ1) is 11.6. The largest absolute Gasteiger partial charge is 0.378 e. The first-order valence-corrected chi connectivity index (χ1v) is 5.84. The van der Waals surface area contributed by atoms with Crippen LogP contribution in [-0.2, 0) is 11.2 Å². The predicted molar refractivity (Wildman–Crippen MR) is 61.5 cm³/mol. The number of hydrogen-bond acceptors (Lipinski definition) is 4. The van der Waals surface area contributed by atoms with Crippen LogP contribution in [-0.4, -0.2) is 31.0 Å². The van der Waals surface area contributed by atoms with Crippen LogP contribution in [0.4, 0.5) is 0 Å². The van der Waals surface area contributed by atoms with E-state index >= 15 is 0 Å². The molecule has 1 N–H and O–H groups in total. The van der Waals surface area contributed by atoms with Crippen LogP contribution in [0.2, 0.25) is 0 Å². The topological polar surface area (TPSA) is 47.3 Å². The van der Waals surface area contributed by atoms with Gasteiger partial charge in [0.05, 0.1) is 11.3 Å². The van der Waals surface area contributed by atoms with Gasteiger partial charge in [0.1, 0.15) is 5.76 Å². The summed E-state index contributed by atoms with van der Waals surface area (Å²) < 4.78 is 11.0. The van der Waals surface area contributed by atoms with Gasteiger partial charge >= 0.3 is 0 Å². The number of rotatable bonds is 3. The lowest BCUT2D eigenvalue weighted by Crippen LogP contribution is -2.45. The van der Waals surface area contributed by atoms with Gasteiger partial charge in [0.25, 0.3) is 0 Å². The van der Waals surface area contributed by atoms with Crippen molar-refractivity contribution in [3.05, 3.63) is 17.0 Å². The fourth-order valence-electron chi connectivity index (χ4n) is 2.41. The molecule has 0 unspecified atom stereocenters. The van der Waals surface area contributed by atoms with Crippen molar-refractivity contribution in [2.24, 2.45) is 0 Å². The van der Waals surface area contributed by atoms with Crippen LogP contribution in [0.25, 0.3) is 0 Å². The zero-order valence-electron chi connectivity index (χ0n) is 10.3. The molecule has 1 aromatic heterocycles. The summed E-state index contributed by atoms with van der Waals surface area (Å²) in [5.74, 6) is 0.924. The van der Waals surface area contributed by atoms with Crippen molar-refractivity contribution in [2.45, 2.75) is 38.7 Å². The lowest BCUT2D eigenvalue weighted by atomic mass is 9.85. The molecule has 2 rings (SSSR count). The Morgan fingerprint density at radius 1 is 1.38 bits per heavy atom. The number of piperidine rings is 1. The molecule has 4 heteroatoms. The molecular formula is C12H20N2O2. The summed E-state index contributed by atoms with van der Waals surface area (Å²) in [6.07, 6.45) is 3.01. The molecular weight excluding hydrogens is 204 g/mol. The van der Waals surface area contributed by atoms with Crippen molar-refractivity contribution >= 4 is 0 Å². The quantitative estimate of drug-likeness (QED) is 0.847. The third-order valence-corrected chi connectivity index (χ3v) is 3.63. The average Bonchev–Trinajstić information content (AvgIpc) is 2.62. The molecule has 0 spiro atoms. The van der Waals surface area contributed by atoms with Gasteiger partial charge in [0.15, 0.2) is 0 Å². The lowest BCUT2D eigenvalue weighted by Gasteiger charge is -2.36. The second kappa shape index (κ2) is 4.55. The summed E-state index contributed by atoms with van der Waals surface area (Å²) in [6.45, 7) is 6.02. The van der Waals surface area contributed by atoms with Gasteiger partial charge < -0.3 is 14.6 Å². The highest BCUT2D eigenvalue weighted by Crippen LogP contribution is 2.29. The number of nitrogens with zero attached hydrogens (tertiary/aromatic N) is 1. The Morgan fingerprint density at radius 3 is 2.56 bits per heavy atom. The highest BCUT2D eigenvalue weighted by atomic mass is 16.5. The van der Waals surface area contributed by atoms with E-state index in [-0.39, 0.29) is 5.60 Å². The van der Waals surface area contributed by atoms with Gasteiger partial charge in [-0.05, 0) is 39.8 Å². The molecule has 0 bridgehead atoms. The van der Waals surface area contributed by atoms with Crippen molar-refractivity contribution < 1.29 is 9.26 Å². The third-order valence-electron chi connectivity index (χ3n) is 3.63. The average molecular weight is 224 g/mol. The summed E-state index contributed by atoms with van der Waals surface area (Å²) >= 11 is 0. The summed E-state index contributed by atoms with van der Waals surface area (Å²) in [5.41, 5.74) is 2.17. The van der Waals surface area contributed by atoms with Crippen LogP contribution in [0.5, 0.6) is 0 Å². The van der Waals surface area contributed by atoms with Crippen molar-refractivity contribution in [1.29, 1.82) is 0 Å². The van der Waals surface area contributed by atoms with Crippen LogP contribution in [0.15, 0.2) is 4.52 Å². The van der Waals surface area contributed by atoms with E-state index in [9.17, 15) is 0 Å². The Morgan fingerprint density at radius 2 is 2.06 bits per heavy atom. The number of aryl methyl sites for hydroxylation is 2. The molecule has 90 valence electrons. The maximum absolute atomic E-state index is 5.75. The Hall–Kier alpha value is -0.870. The minimum Gasteiger partial charge on any atom is -0.378 e. The number of ether oxygens (including phenoxy) is 1. The number of nitrogens with one attached hydrogen (secondary N) is 1. The molecule has 2 heterocycles. The molecule has 1 aliphatic heterocycles. The van der Waals surface area contributed by atoms with E-state index in [0.717, 1.165) is 43.8 Å². The van der Waals surface area contributed by atoms with Gasteiger partial charge in [-0.15, -0.1) is 0 Å². The van der Waals surface area contributed by atoms with Gasteiger partial charge in [-0.3, -0.25) is 0 Å². The van der Waals surface area contributed by atoms with E-state index in [2.05, 4.69) is 10.5 Å². The zero-order valence-corrected chi connectivity index (χ0v) is 10.3. The molecule has 4 nitrogen and oxygen atoms in total. The molecule has 1 saturated heterocycles. The molecule has 0 atom stereocenters. The predicted octanol–water partition coefficient (Wildman–Crippen LogP) is 1.60. The van der Waals surface area contributed by atoms with E-state index in [1.54, 1.807) is 0 Å². The normalized spacial score (nSPS) is 19.9. The molecule has 0 aliphatic carbocycles. The summed E-state index contributed by atoms with van der Waals surface area (Å²) in [5, 5.41) is 7.36. The van der Waals surface area contributed by atoms with E-state index in [4.69, 9.17) is 9.26 Å². The number of methoxy groups -OCH3 is 1. The van der Waals surface area contributed by atoms with E-state index in [1.165, 1.54) is 5.56 Å². The Kier molecular flexibility index (Phi) is 3.30. The minimum absolute atomic E-state index is 0.0354. The SMILES string of the molecule is COC1(Cc2c(C)noc2C)CCNCC1. The fraction of sp³-hybridized carbons (Fsp3) is 0.750. The summed E-state index contributed by atoms with van der Waals surface area (Å²) in [4.78, 5) is 0. The molecule has 0 saturated carbocycles. The number of hydrogen-bond donors (Lipinski definition) is 1. The zero-order chi connectivity index (χ0) is 11.6. The molecule has 1 aromatic rings. The molecule has 1 aliphatic rings. The Labute approximate surface area is 96.3 Å². The van der Waals surface area contributed by atoms with Crippen molar-refractivity contribution in [1.82, 2.24) is 10.5 Å². The van der Waals surface area contributed by atoms with Crippen LogP contribution in [0.3, 0.4) is 0 Å². The first-order chi connectivity index (χ1) is 7.67. The van der Waals surface area contributed by atoms with Crippen LogP contribution in [0.1, 0.15) is 29.9 Å². The fourth-order valence-corrected chi connectivity index (χ4v) is 2.41. The molecule has 16 heavy (non-hydrogen) atoms. The van der Waals surface area contributed by atoms with Gasteiger partial charge in [0, 0.05) is 19.1 Å². The van der Waals surface area contributed by atoms with Crippen molar-refractivity contribution in [3.8, 4) is 0 Å². The monoisotopic (exact) mass is 224 g/mol. The van der Waals surface area contributed by atoms with Crippen LogP contribution < -0.4 is 5.32 Å². The van der Waals surface area contributed by atoms with Crippen molar-refractivity contribution in [2.75, 3.05) is 20.2 Å². The molecule has 0 amide bonds. The van der Waals surface area contributed by atoms with Gasteiger partial charge in [-0.2, -0.15) is 0 Å². The molecule has 0 radical (unpaired) electrons. The molecule has 1 fully saturated rings. The van der Waals surface area contributed by atoms with Crippen LogP contribution in [0, 0.1) is 13.8 Å². The Balaban J connectivity index is 2.17. The molecule has 0 aromatic carbocycles. The van der Waals surface area contributed by atoms with Gasteiger partial charge in [-0.25, -0.2) is 0 Å². The van der Waals surface area contributed by atoms with Crippen molar-refractivity contribution in [3.63, 3.8) is 0 Å². The standard InChI is InChI=1S/C12H20N2O2/c1-9-11(10(2)16-14-9)8-12(15-3)4-6-13-7-5-12/h13H,4-8H2,1-3H3. The minimum atomic E-state index is -0.0354. The maximum atomic E-state index is 5.75. The lowest BCUT2D eigenvalue weighted by molar-refractivity contribution is -0.0336. The number of aromatic nitrogens is 1. The van der Waals surface area contributed by atoms with Crippen LogP contribution >= 0.6 is 0 Å². The highest BCUT2D eigenvalue weighted by molar-refractivity contribution is 5.23. The maximum Gasteiger partial charge on any atom is 0.137 e. The van der Waals surface area contributed by atoms with Gasteiger partial charge in [0.2, 0.25) is 0 Å². The Bertz CT molecular complexity index is 334. The first-order valence-electron chi connectivity index (χ1n) is 5.84. The van der Waals surface area contributed by atoms with E-state index in [0.29, 0.717) is 0 Å².